The first-order chi connectivity index (χ1) is 6.79. The third kappa shape index (κ3) is 2.58. The van der Waals surface area contributed by atoms with Gasteiger partial charge in [-0.1, -0.05) is 38.1 Å². The zero-order valence-corrected chi connectivity index (χ0v) is 9.91. The Morgan fingerprint density at radius 1 is 1.00 bits per heavy atom. The Labute approximate surface area is 91.6 Å². The van der Waals surface area contributed by atoms with E-state index in [-0.39, 0.29) is 12.0 Å². The molecule has 0 aliphatic heterocycles. The molecule has 0 atom stereocenters. The normalized spacial score (nSPS) is 12.9. The summed E-state index contributed by atoms with van der Waals surface area (Å²) in [6, 6.07) is 7.71. The molecule has 0 saturated carbocycles. The van der Waals surface area contributed by atoms with Gasteiger partial charge in [0, 0.05) is 5.41 Å². The molecule has 0 fully saturated rings. The van der Waals surface area contributed by atoms with Crippen molar-refractivity contribution in [2.75, 3.05) is 6.61 Å². The number of rotatable bonds is 3. The molecule has 0 aliphatic carbocycles. The largest absolute Gasteiger partial charge is 0.395 e. The van der Waals surface area contributed by atoms with Crippen molar-refractivity contribution < 1.29 is 10.2 Å². The Morgan fingerprint density at radius 3 is 1.87 bits per heavy atom. The Balaban J connectivity index is 3.31. The van der Waals surface area contributed by atoms with E-state index in [1.807, 2.05) is 38.1 Å². The maximum atomic E-state index is 10.0. The van der Waals surface area contributed by atoms with Crippen LogP contribution in [0.5, 0.6) is 0 Å². The van der Waals surface area contributed by atoms with Crippen molar-refractivity contribution in [2.24, 2.45) is 0 Å². The highest BCUT2D eigenvalue weighted by molar-refractivity contribution is 5.36. The molecule has 0 radical (unpaired) electrons. The lowest BCUT2D eigenvalue weighted by atomic mass is 9.78. The van der Waals surface area contributed by atoms with E-state index in [1.54, 1.807) is 13.8 Å². The van der Waals surface area contributed by atoms with E-state index in [0.717, 1.165) is 11.1 Å². The Morgan fingerprint density at radius 2 is 1.47 bits per heavy atom. The third-order valence-corrected chi connectivity index (χ3v) is 2.71. The highest BCUT2D eigenvalue weighted by Crippen LogP contribution is 2.32. The Hall–Kier alpha value is -0.860. The van der Waals surface area contributed by atoms with Gasteiger partial charge >= 0.3 is 0 Å². The smallest absolute Gasteiger partial charge is 0.0843 e. The van der Waals surface area contributed by atoms with E-state index in [4.69, 9.17) is 0 Å². The fourth-order valence-electron chi connectivity index (χ4n) is 1.69. The lowest BCUT2D eigenvalue weighted by molar-refractivity contribution is 0.0753. The molecule has 0 heterocycles. The van der Waals surface area contributed by atoms with E-state index < -0.39 is 5.60 Å². The molecule has 0 aromatic heterocycles. The summed E-state index contributed by atoms with van der Waals surface area (Å²) in [6.45, 7) is 7.54. The van der Waals surface area contributed by atoms with Crippen LogP contribution in [0.3, 0.4) is 0 Å². The van der Waals surface area contributed by atoms with Crippen molar-refractivity contribution >= 4 is 0 Å². The van der Waals surface area contributed by atoms with Crippen LogP contribution in [0.4, 0.5) is 0 Å². The van der Waals surface area contributed by atoms with Crippen molar-refractivity contribution in [1.82, 2.24) is 0 Å². The molecule has 0 bridgehead atoms. The van der Waals surface area contributed by atoms with Crippen LogP contribution in [0.15, 0.2) is 24.3 Å². The van der Waals surface area contributed by atoms with Crippen LogP contribution in [0.25, 0.3) is 0 Å². The van der Waals surface area contributed by atoms with Gasteiger partial charge in [-0.25, -0.2) is 0 Å². The maximum Gasteiger partial charge on any atom is 0.0843 e. The van der Waals surface area contributed by atoms with Gasteiger partial charge in [0.1, 0.15) is 0 Å². The molecular weight excluding hydrogens is 188 g/mol. The lowest BCUT2D eigenvalue weighted by Gasteiger charge is -2.30. The van der Waals surface area contributed by atoms with Crippen molar-refractivity contribution in [3.05, 3.63) is 35.4 Å². The average Bonchev–Trinajstić information content (AvgIpc) is 2.16. The Kier molecular flexibility index (Phi) is 3.22. The van der Waals surface area contributed by atoms with E-state index in [0.29, 0.717) is 0 Å². The summed E-state index contributed by atoms with van der Waals surface area (Å²) in [6.07, 6.45) is 0. The molecule has 0 saturated heterocycles. The second kappa shape index (κ2) is 3.95. The van der Waals surface area contributed by atoms with Crippen LogP contribution >= 0.6 is 0 Å². The van der Waals surface area contributed by atoms with Gasteiger partial charge < -0.3 is 10.2 Å². The fourth-order valence-corrected chi connectivity index (χ4v) is 1.69. The van der Waals surface area contributed by atoms with Crippen molar-refractivity contribution in [3.8, 4) is 0 Å². The van der Waals surface area contributed by atoms with Crippen molar-refractivity contribution in [1.29, 1.82) is 0 Å². The standard InChI is InChI=1S/C13H20O2/c1-12(2,9-14)10-7-5-6-8-11(10)13(3,4)15/h5-8,14-15H,9H2,1-4H3. The van der Waals surface area contributed by atoms with Crippen LogP contribution < -0.4 is 0 Å². The van der Waals surface area contributed by atoms with Crippen LogP contribution in [0.1, 0.15) is 38.8 Å². The lowest BCUT2D eigenvalue weighted by Crippen LogP contribution is -2.28. The first-order valence-corrected chi connectivity index (χ1v) is 5.22. The van der Waals surface area contributed by atoms with E-state index >= 15 is 0 Å². The first kappa shape index (κ1) is 12.2. The zero-order valence-electron chi connectivity index (χ0n) is 9.91. The van der Waals surface area contributed by atoms with Gasteiger partial charge in [-0.05, 0) is 25.0 Å². The molecule has 0 spiro atoms. The van der Waals surface area contributed by atoms with Gasteiger partial charge in [0.2, 0.25) is 0 Å². The van der Waals surface area contributed by atoms with Crippen LogP contribution in [-0.2, 0) is 11.0 Å². The number of aliphatic hydroxyl groups excluding tert-OH is 1. The van der Waals surface area contributed by atoms with Gasteiger partial charge in [0.05, 0.1) is 12.2 Å². The number of hydrogen-bond acceptors (Lipinski definition) is 2. The highest BCUT2D eigenvalue weighted by atomic mass is 16.3. The molecule has 1 aromatic rings. The van der Waals surface area contributed by atoms with Crippen molar-refractivity contribution in [3.63, 3.8) is 0 Å². The van der Waals surface area contributed by atoms with Crippen LogP contribution in [0.2, 0.25) is 0 Å². The van der Waals surface area contributed by atoms with E-state index in [9.17, 15) is 10.2 Å². The average molecular weight is 208 g/mol. The molecule has 2 heteroatoms. The maximum absolute atomic E-state index is 10.0. The summed E-state index contributed by atoms with van der Waals surface area (Å²) in [5, 5.41) is 19.4. The molecule has 0 amide bonds. The summed E-state index contributed by atoms with van der Waals surface area (Å²) in [5.74, 6) is 0. The summed E-state index contributed by atoms with van der Waals surface area (Å²) < 4.78 is 0. The number of hydrogen-bond donors (Lipinski definition) is 2. The van der Waals surface area contributed by atoms with E-state index in [1.165, 1.54) is 0 Å². The summed E-state index contributed by atoms with van der Waals surface area (Å²) in [4.78, 5) is 0. The predicted molar refractivity (Wildman–Crippen MR) is 61.8 cm³/mol. The number of aliphatic hydroxyl groups is 2. The van der Waals surface area contributed by atoms with Gasteiger partial charge in [-0.2, -0.15) is 0 Å². The number of benzene rings is 1. The summed E-state index contributed by atoms with van der Waals surface area (Å²) >= 11 is 0. The molecule has 1 rings (SSSR count). The monoisotopic (exact) mass is 208 g/mol. The Bertz CT molecular complexity index is 335. The second-order valence-corrected chi connectivity index (χ2v) is 5.15. The highest BCUT2D eigenvalue weighted by Gasteiger charge is 2.28. The minimum Gasteiger partial charge on any atom is -0.395 e. The molecule has 0 aliphatic rings. The SMILES string of the molecule is CC(C)(O)c1ccccc1C(C)(C)CO. The topological polar surface area (TPSA) is 40.5 Å². The zero-order chi connectivity index (χ0) is 11.7. The van der Waals surface area contributed by atoms with Gasteiger partial charge in [0.15, 0.2) is 0 Å². The van der Waals surface area contributed by atoms with Gasteiger partial charge in [0.25, 0.3) is 0 Å². The molecule has 2 N–H and O–H groups in total. The molecule has 15 heavy (non-hydrogen) atoms. The van der Waals surface area contributed by atoms with Gasteiger partial charge in [-0.15, -0.1) is 0 Å². The minimum atomic E-state index is -0.872. The third-order valence-electron chi connectivity index (χ3n) is 2.71. The minimum absolute atomic E-state index is 0.0695. The van der Waals surface area contributed by atoms with Crippen molar-refractivity contribution in [2.45, 2.75) is 38.7 Å². The van der Waals surface area contributed by atoms with Gasteiger partial charge in [-0.3, -0.25) is 0 Å². The summed E-state index contributed by atoms with van der Waals surface area (Å²) in [5.41, 5.74) is 0.684. The second-order valence-electron chi connectivity index (χ2n) is 5.15. The quantitative estimate of drug-likeness (QED) is 0.799. The molecule has 0 unspecified atom stereocenters. The molecule has 1 aromatic carbocycles. The van der Waals surface area contributed by atoms with Crippen LogP contribution in [-0.4, -0.2) is 16.8 Å². The molecular formula is C13H20O2. The predicted octanol–water partition coefficient (Wildman–Crippen LogP) is 2.18. The first-order valence-electron chi connectivity index (χ1n) is 5.22. The molecule has 2 nitrogen and oxygen atoms in total. The summed E-state index contributed by atoms with van der Waals surface area (Å²) in [7, 11) is 0. The fraction of sp³-hybridized carbons (Fsp3) is 0.538. The molecule has 84 valence electrons. The van der Waals surface area contributed by atoms with E-state index in [2.05, 4.69) is 0 Å². The van der Waals surface area contributed by atoms with Crippen LogP contribution in [0, 0.1) is 0 Å².